The van der Waals surface area contributed by atoms with Crippen LogP contribution in [0.25, 0.3) is 10.9 Å². The maximum Gasteiger partial charge on any atom is 0.411 e. The standard InChI is InChI=1S/C21H15N5O4/c1-2-8-30-21(29)24-11-13-9-16(24)18-19(27)26(20(28)25(13)18)15-6-5-12(10-22)17-14(15)4-3-7-23-17/h1,3-7,13,16,18H,8-9,11H2/t13-,16?,18?/m1/s1. The fourth-order valence-corrected chi connectivity index (χ4v) is 4.72. The van der Waals surface area contributed by atoms with E-state index in [4.69, 9.17) is 11.2 Å². The fraction of sp³-hybridized carbons (Fsp3) is 0.286. The van der Waals surface area contributed by atoms with Gasteiger partial charge in [-0.3, -0.25) is 9.78 Å². The van der Waals surface area contributed by atoms with Crippen LogP contribution in [0.4, 0.5) is 15.3 Å². The highest BCUT2D eigenvalue weighted by atomic mass is 16.6. The number of piperazine rings is 1. The van der Waals surface area contributed by atoms with E-state index in [0.29, 0.717) is 35.1 Å². The molecule has 2 bridgehead atoms. The summed E-state index contributed by atoms with van der Waals surface area (Å²) >= 11 is 0. The predicted molar refractivity (Wildman–Crippen MR) is 104 cm³/mol. The lowest BCUT2D eigenvalue weighted by molar-refractivity contribution is -0.121. The van der Waals surface area contributed by atoms with E-state index in [-0.39, 0.29) is 12.6 Å². The molecule has 3 aliphatic heterocycles. The number of pyridine rings is 1. The molecular formula is C21H15N5O4. The van der Waals surface area contributed by atoms with Gasteiger partial charge in [0.05, 0.1) is 28.9 Å². The summed E-state index contributed by atoms with van der Waals surface area (Å²) in [5.41, 5.74) is 1.16. The van der Waals surface area contributed by atoms with Gasteiger partial charge in [-0.05, 0) is 30.7 Å². The van der Waals surface area contributed by atoms with Crippen molar-refractivity contribution in [3.8, 4) is 18.4 Å². The van der Waals surface area contributed by atoms with Gasteiger partial charge in [-0.1, -0.05) is 5.92 Å². The Morgan fingerprint density at radius 2 is 2.17 bits per heavy atom. The first-order valence-corrected chi connectivity index (χ1v) is 9.37. The van der Waals surface area contributed by atoms with Crippen LogP contribution in [0.1, 0.15) is 12.0 Å². The molecule has 3 saturated heterocycles. The lowest BCUT2D eigenvalue weighted by Crippen LogP contribution is -2.55. The Labute approximate surface area is 171 Å². The third-order valence-electron chi connectivity index (χ3n) is 5.89. The second-order valence-corrected chi connectivity index (χ2v) is 7.32. The van der Waals surface area contributed by atoms with E-state index < -0.39 is 30.1 Å². The van der Waals surface area contributed by atoms with Crippen molar-refractivity contribution < 1.29 is 19.1 Å². The first-order chi connectivity index (χ1) is 14.6. The minimum Gasteiger partial charge on any atom is -0.436 e. The Morgan fingerprint density at radius 3 is 2.93 bits per heavy atom. The zero-order chi connectivity index (χ0) is 21.0. The Hall–Kier alpha value is -4.11. The Kier molecular flexibility index (Phi) is 3.87. The number of hydrogen-bond acceptors (Lipinski definition) is 6. The van der Waals surface area contributed by atoms with Gasteiger partial charge in [0.2, 0.25) is 0 Å². The van der Waals surface area contributed by atoms with Crippen LogP contribution in [0.15, 0.2) is 30.5 Å². The van der Waals surface area contributed by atoms with Gasteiger partial charge in [-0.25, -0.2) is 14.5 Å². The third-order valence-corrected chi connectivity index (χ3v) is 5.89. The van der Waals surface area contributed by atoms with Gasteiger partial charge in [-0.15, -0.1) is 6.42 Å². The molecular weight excluding hydrogens is 386 g/mol. The number of carbonyl (C=O) groups excluding carboxylic acids is 3. The number of likely N-dealkylation sites (tertiary alicyclic amines) is 1. The maximum absolute atomic E-state index is 13.3. The van der Waals surface area contributed by atoms with Crippen molar-refractivity contribution in [2.24, 2.45) is 0 Å². The summed E-state index contributed by atoms with van der Waals surface area (Å²) in [6.45, 7) is 0.150. The fourth-order valence-electron chi connectivity index (χ4n) is 4.72. The van der Waals surface area contributed by atoms with Crippen molar-refractivity contribution in [1.82, 2.24) is 14.8 Å². The molecule has 0 radical (unpaired) electrons. The molecule has 3 atom stereocenters. The summed E-state index contributed by atoms with van der Waals surface area (Å²) in [6.07, 6.45) is 6.64. The molecule has 30 heavy (non-hydrogen) atoms. The predicted octanol–water partition coefficient (Wildman–Crippen LogP) is 1.47. The van der Waals surface area contributed by atoms with E-state index >= 15 is 0 Å². The molecule has 0 N–H and O–H groups in total. The van der Waals surface area contributed by atoms with Crippen LogP contribution in [-0.2, 0) is 9.53 Å². The normalized spacial score (nSPS) is 24.2. The number of imide groups is 1. The first-order valence-electron chi connectivity index (χ1n) is 9.37. The SMILES string of the molecule is C#CCOC(=O)N1C[C@H]2CC1C1C(=O)N(c3ccc(C#N)c4ncccc34)C(=O)N12. The highest BCUT2D eigenvalue weighted by molar-refractivity contribution is 6.25. The molecule has 4 heterocycles. The number of rotatable bonds is 2. The largest absolute Gasteiger partial charge is 0.436 e. The lowest BCUT2D eigenvalue weighted by atomic mass is 10.1. The number of ether oxygens (including phenoxy) is 1. The molecule has 2 unspecified atom stereocenters. The van der Waals surface area contributed by atoms with Crippen molar-refractivity contribution in [3.05, 3.63) is 36.0 Å². The number of nitriles is 1. The van der Waals surface area contributed by atoms with Gasteiger partial charge in [0, 0.05) is 18.1 Å². The van der Waals surface area contributed by atoms with E-state index in [1.807, 2.05) is 0 Å². The van der Waals surface area contributed by atoms with Crippen LogP contribution >= 0.6 is 0 Å². The molecule has 0 saturated carbocycles. The van der Waals surface area contributed by atoms with Crippen LogP contribution in [0, 0.1) is 23.7 Å². The highest BCUT2D eigenvalue weighted by Crippen LogP contribution is 2.43. The topological polar surface area (TPSA) is 107 Å². The van der Waals surface area contributed by atoms with Crippen molar-refractivity contribution in [2.45, 2.75) is 24.5 Å². The molecule has 1 aromatic carbocycles. The Balaban J connectivity index is 1.52. The number of terminal acetylenes is 1. The van der Waals surface area contributed by atoms with E-state index in [1.54, 1.807) is 35.4 Å². The summed E-state index contributed by atoms with van der Waals surface area (Å²) in [6, 6.07) is 6.71. The molecule has 9 nitrogen and oxygen atoms in total. The van der Waals surface area contributed by atoms with Crippen LogP contribution in [-0.4, -0.2) is 64.1 Å². The summed E-state index contributed by atoms with van der Waals surface area (Å²) in [7, 11) is 0. The van der Waals surface area contributed by atoms with Crippen molar-refractivity contribution in [3.63, 3.8) is 0 Å². The number of nitrogens with zero attached hydrogens (tertiary/aromatic N) is 5. The van der Waals surface area contributed by atoms with Crippen molar-refractivity contribution >= 4 is 34.6 Å². The molecule has 9 heteroatoms. The van der Waals surface area contributed by atoms with Crippen LogP contribution < -0.4 is 4.90 Å². The second-order valence-electron chi connectivity index (χ2n) is 7.32. The zero-order valence-corrected chi connectivity index (χ0v) is 15.7. The highest BCUT2D eigenvalue weighted by Gasteiger charge is 2.63. The van der Waals surface area contributed by atoms with Crippen LogP contribution in [0.5, 0.6) is 0 Å². The zero-order valence-electron chi connectivity index (χ0n) is 15.7. The van der Waals surface area contributed by atoms with Crippen LogP contribution in [0.3, 0.4) is 0 Å². The average molecular weight is 401 g/mol. The van der Waals surface area contributed by atoms with Crippen molar-refractivity contribution in [2.75, 3.05) is 18.1 Å². The lowest BCUT2D eigenvalue weighted by Gasteiger charge is -2.33. The summed E-state index contributed by atoms with van der Waals surface area (Å²) in [5.74, 6) is 1.84. The first kappa shape index (κ1) is 18.0. The maximum atomic E-state index is 13.3. The molecule has 0 aliphatic carbocycles. The van der Waals surface area contributed by atoms with Gasteiger partial charge in [0.15, 0.2) is 6.61 Å². The number of carbonyl (C=O) groups is 3. The number of amides is 4. The van der Waals surface area contributed by atoms with E-state index in [9.17, 15) is 19.6 Å². The number of anilines is 1. The second kappa shape index (κ2) is 6.46. The molecule has 3 aliphatic rings. The van der Waals surface area contributed by atoms with E-state index in [1.165, 1.54) is 4.90 Å². The minimum atomic E-state index is -0.767. The number of fused-ring (bicyclic) bond motifs is 6. The Morgan fingerprint density at radius 1 is 1.33 bits per heavy atom. The summed E-state index contributed by atoms with van der Waals surface area (Å²) in [5, 5.41) is 9.88. The van der Waals surface area contributed by atoms with Gasteiger partial charge in [0.25, 0.3) is 5.91 Å². The van der Waals surface area contributed by atoms with Crippen LogP contribution in [0.2, 0.25) is 0 Å². The smallest absolute Gasteiger partial charge is 0.411 e. The molecule has 5 rings (SSSR count). The molecule has 1 aromatic heterocycles. The van der Waals surface area contributed by atoms with E-state index in [2.05, 4.69) is 17.0 Å². The Bertz CT molecular complexity index is 1200. The number of hydrogen-bond donors (Lipinski definition) is 0. The molecule has 3 fully saturated rings. The molecule has 4 amide bonds. The number of aromatic nitrogens is 1. The third kappa shape index (κ3) is 2.29. The number of benzene rings is 1. The average Bonchev–Trinajstić information content (AvgIpc) is 3.43. The monoisotopic (exact) mass is 401 g/mol. The minimum absolute atomic E-state index is 0.148. The van der Waals surface area contributed by atoms with Crippen molar-refractivity contribution in [1.29, 1.82) is 5.26 Å². The van der Waals surface area contributed by atoms with E-state index in [0.717, 1.165) is 4.90 Å². The molecule has 0 spiro atoms. The number of urea groups is 1. The summed E-state index contributed by atoms with van der Waals surface area (Å²) in [4.78, 5) is 47.3. The van der Waals surface area contributed by atoms with Gasteiger partial charge in [-0.2, -0.15) is 5.26 Å². The van der Waals surface area contributed by atoms with Gasteiger partial charge < -0.3 is 14.5 Å². The molecule has 148 valence electrons. The summed E-state index contributed by atoms with van der Waals surface area (Å²) < 4.78 is 5.02. The van der Waals surface area contributed by atoms with Gasteiger partial charge in [0.1, 0.15) is 12.1 Å². The van der Waals surface area contributed by atoms with Gasteiger partial charge >= 0.3 is 12.1 Å². The quantitative estimate of drug-likeness (QED) is 0.557. The molecule has 2 aromatic rings.